The summed E-state index contributed by atoms with van der Waals surface area (Å²) >= 11 is 0. The van der Waals surface area contributed by atoms with E-state index in [1.54, 1.807) is 0 Å². The molecule has 0 bridgehead atoms. The molecule has 332 valence electrons. The van der Waals surface area contributed by atoms with E-state index in [-0.39, 0.29) is 31.1 Å². The molecule has 1 atom stereocenters. The lowest BCUT2D eigenvalue weighted by atomic mass is 10.0. The highest BCUT2D eigenvalue weighted by Gasteiger charge is 2.19. The van der Waals surface area contributed by atoms with Crippen molar-refractivity contribution in [1.82, 2.24) is 0 Å². The predicted octanol–water partition coefficient (Wildman–Crippen LogP) is 15.8. The number of esters is 3. The second-order valence-electron chi connectivity index (χ2n) is 18.1. The van der Waals surface area contributed by atoms with Gasteiger partial charge in [-0.25, -0.2) is 0 Å². The van der Waals surface area contributed by atoms with Crippen LogP contribution in [0.15, 0.2) is 0 Å². The predicted molar refractivity (Wildman–Crippen MR) is 238 cm³/mol. The Morgan fingerprint density at radius 3 is 0.875 bits per heavy atom. The van der Waals surface area contributed by atoms with E-state index in [2.05, 4.69) is 34.6 Å². The Hall–Kier alpha value is -1.59. The van der Waals surface area contributed by atoms with E-state index in [4.69, 9.17) is 14.2 Å². The lowest BCUT2D eigenvalue weighted by Crippen LogP contribution is -2.30. The smallest absolute Gasteiger partial charge is 0.306 e. The summed E-state index contributed by atoms with van der Waals surface area (Å²) in [4.78, 5) is 37.8. The van der Waals surface area contributed by atoms with Crippen molar-refractivity contribution in [1.29, 1.82) is 0 Å². The number of hydrogen-bond acceptors (Lipinski definition) is 6. The monoisotopic (exact) mass is 793 g/mol. The molecule has 0 saturated heterocycles. The summed E-state index contributed by atoms with van der Waals surface area (Å²) in [5.74, 6) is 0.796. The van der Waals surface area contributed by atoms with Gasteiger partial charge in [-0.05, 0) is 31.1 Å². The van der Waals surface area contributed by atoms with E-state index in [1.165, 1.54) is 161 Å². The zero-order valence-corrected chi connectivity index (χ0v) is 38.3. The van der Waals surface area contributed by atoms with Gasteiger partial charge in [0.25, 0.3) is 0 Å². The quantitative estimate of drug-likeness (QED) is 0.0347. The maximum absolute atomic E-state index is 12.7. The van der Waals surface area contributed by atoms with Crippen molar-refractivity contribution in [2.24, 2.45) is 11.8 Å². The fourth-order valence-electron chi connectivity index (χ4n) is 7.46. The van der Waals surface area contributed by atoms with E-state index in [0.717, 1.165) is 69.6 Å². The first-order chi connectivity index (χ1) is 27.2. The molecule has 56 heavy (non-hydrogen) atoms. The van der Waals surface area contributed by atoms with Gasteiger partial charge in [0, 0.05) is 19.3 Å². The zero-order chi connectivity index (χ0) is 41.2. The molecule has 0 saturated carbocycles. The Morgan fingerprint density at radius 1 is 0.339 bits per heavy atom. The van der Waals surface area contributed by atoms with Gasteiger partial charge in [-0.1, -0.05) is 234 Å². The number of carbonyl (C=O) groups is 3. The number of rotatable bonds is 44. The normalized spacial score (nSPS) is 12.1. The second-order valence-corrected chi connectivity index (χ2v) is 18.1. The summed E-state index contributed by atoms with van der Waals surface area (Å²) in [6.07, 6.45) is 42.4. The first-order valence-corrected chi connectivity index (χ1v) is 24.7. The van der Waals surface area contributed by atoms with E-state index >= 15 is 0 Å². The van der Waals surface area contributed by atoms with Crippen molar-refractivity contribution in [3.8, 4) is 0 Å². The number of carbonyl (C=O) groups excluding carboxylic acids is 3. The molecule has 0 spiro atoms. The van der Waals surface area contributed by atoms with Gasteiger partial charge >= 0.3 is 17.9 Å². The fourth-order valence-corrected chi connectivity index (χ4v) is 7.46. The third kappa shape index (κ3) is 43.5. The summed E-state index contributed by atoms with van der Waals surface area (Å²) < 4.78 is 16.7. The van der Waals surface area contributed by atoms with Gasteiger partial charge in [-0.2, -0.15) is 0 Å². The lowest BCUT2D eigenvalue weighted by Gasteiger charge is -2.18. The molecule has 0 N–H and O–H groups in total. The summed E-state index contributed by atoms with van der Waals surface area (Å²) in [6, 6.07) is 0. The minimum atomic E-state index is -0.760. The Bertz CT molecular complexity index is 854. The van der Waals surface area contributed by atoms with Crippen LogP contribution in [0.25, 0.3) is 0 Å². The van der Waals surface area contributed by atoms with Crippen LogP contribution >= 0.6 is 0 Å². The molecule has 0 amide bonds. The Labute approximate surface area is 348 Å². The van der Waals surface area contributed by atoms with E-state index < -0.39 is 6.10 Å². The number of unbranched alkanes of at least 4 members (excludes halogenated alkanes) is 29. The lowest BCUT2D eigenvalue weighted by molar-refractivity contribution is -0.167. The van der Waals surface area contributed by atoms with E-state index in [1.807, 2.05) is 0 Å². The molecule has 0 heterocycles. The topological polar surface area (TPSA) is 78.9 Å². The van der Waals surface area contributed by atoms with Crippen LogP contribution in [-0.2, 0) is 28.6 Å². The zero-order valence-electron chi connectivity index (χ0n) is 38.3. The molecule has 0 fully saturated rings. The van der Waals surface area contributed by atoms with Crippen LogP contribution in [0, 0.1) is 11.8 Å². The minimum absolute atomic E-state index is 0.0643. The number of ether oxygens (including phenoxy) is 3. The minimum Gasteiger partial charge on any atom is -0.462 e. The molecule has 6 nitrogen and oxygen atoms in total. The fraction of sp³-hybridized carbons (Fsp3) is 0.940. The molecule has 0 aromatic carbocycles. The Kier molecular flexibility index (Phi) is 41.8. The van der Waals surface area contributed by atoms with Crippen LogP contribution < -0.4 is 0 Å². The summed E-state index contributed by atoms with van der Waals surface area (Å²) in [5, 5.41) is 0. The van der Waals surface area contributed by atoms with E-state index in [9.17, 15) is 14.4 Å². The van der Waals surface area contributed by atoms with Crippen molar-refractivity contribution >= 4 is 17.9 Å². The average molecular weight is 793 g/mol. The van der Waals surface area contributed by atoms with Gasteiger partial charge in [0.05, 0.1) is 0 Å². The van der Waals surface area contributed by atoms with E-state index in [0.29, 0.717) is 19.3 Å². The molecule has 0 unspecified atom stereocenters. The van der Waals surface area contributed by atoms with Crippen LogP contribution in [0.3, 0.4) is 0 Å². The Balaban J connectivity index is 4.25. The van der Waals surface area contributed by atoms with Crippen molar-refractivity contribution in [2.75, 3.05) is 13.2 Å². The van der Waals surface area contributed by atoms with Crippen LogP contribution in [0.1, 0.15) is 272 Å². The number of hydrogen-bond donors (Lipinski definition) is 0. The third-order valence-electron chi connectivity index (χ3n) is 11.2. The van der Waals surface area contributed by atoms with Crippen LogP contribution in [-0.4, -0.2) is 37.2 Å². The van der Waals surface area contributed by atoms with Crippen molar-refractivity contribution < 1.29 is 28.6 Å². The first-order valence-electron chi connectivity index (χ1n) is 24.7. The molecule has 0 aliphatic heterocycles. The molecule has 0 aliphatic rings. The summed E-state index contributed by atoms with van der Waals surface area (Å²) in [6.45, 7) is 11.3. The molecule has 6 heteroatoms. The van der Waals surface area contributed by atoms with Crippen LogP contribution in [0.2, 0.25) is 0 Å². The van der Waals surface area contributed by atoms with Crippen LogP contribution in [0.4, 0.5) is 0 Å². The van der Waals surface area contributed by atoms with Gasteiger partial charge in [0.2, 0.25) is 0 Å². The maximum atomic E-state index is 12.7. The molecule has 0 aliphatic carbocycles. The average Bonchev–Trinajstić information content (AvgIpc) is 3.16. The molecular formula is C50H96O6. The van der Waals surface area contributed by atoms with Crippen molar-refractivity contribution in [2.45, 2.75) is 278 Å². The highest BCUT2D eigenvalue weighted by atomic mass is 16.6. The van der Waals surface area contributed by atoms with Gasteiger partial charge in [-0.3, -0.25) is 14.4 Å². The Morgan fingerprint density at radius 2 is 0.589 bits per heavy atom. The van der Waals surface area contributed by atoms with Gasteiger partial charge in [-0.15, -0.1) is 0 Å². The SMILES string of the molecule is CCCCCCCCCCCC(=O)OC[C@@H](COC(=O)CCCCCCCCCCCCCCCCC(C)C)OC(=O)CCCCCCCCCCCC(C)C. The summed E-state index contributed by atoms with van der Waals surface area (Å²) in [5.41, 5.74) is 0. The van der Waals surface area contributed by atoms with Crippen molar-refractivity contribution in [3.05, 3.63) is 0 Å². The largest absolute Gasteiger partial charge is 0.462 e. The molecule has 0 rings (SSSR count). The molecular weight excluding hydrogens is 697 g/mol. The highest BCUT2D eigenvalue weighted by molar-refractivity contribution is 5.71. The van der Waals surface area contributed by atoms with Crippen LogP contribution in [0.5, 0.6) is 0 Å². The first kappa shape index (κ1) is 54.4. The third-order valence-corrected chi connectivity index (χ3v) is 11.2. The maximum Gasteiger partial charge on any atom is 0.306 e. The summed E-state index contributed by atoms with van der Waals surface area (Å²) in [7, 11) is 0. The van der Waals surface area contributed by atoms with Gasteiger partial charge in [0.1, 0.15) is 13.2 Å². The highest BCUT2D eigenvalue weighted by Crippen LogP contribution is 2.17. The second kappa shape index (κ2) is 43.0. The van der Waals surface area contributed by atoms with Gasteiger partial charge in [0.15, 0.2) is 6.10 Å². The molecule has 0 aromatic heterocycles. The molecule has 0 radical (unpaired) electrons. The standard InChI is InChI=1S/C50H96O6/c1-6-7-8-9-10-18-25-30-35-40-48(51)54-43-47(56-50(53)42-37-32-27-22-17-20-24-29-34-39-46(4)5)44-55-49(52)41-36-31-26-21-16-14-12-11-13-15-19-23-28-33-38-45(2)3/h45-47H,6-44H2,1-5H3/t47-/m0/s1. The van der Waals surface area contributed by atoms with Gasteiger partial charge < -0.3 is 14.2 Å². The van der Waals surface area contributed by atoms with Crippen molar-refractivity contribution in [3.63, 3.8) is 0 Å². The molecule has 0 aromatic rings.